The van der Waals surface area contributed by atoms with Crippen LogP contribution in [0.25, 0.3) is 11.0 Å². The first-order valence-electron chi connectivity index (χ1n) is 4.44. The van der Waals surface area contributed by atoms with Crippen LogP contribution < -0.4 is 5.32 Å². The van der Waals surface area contributed by atoms with Crippen molar-refractivity contribution in [3.8, 4) is 0 Å². The lowest BCUT2D eigenvalue weighted by molar-refractivity contribution is 0.784. The number of aryl methyl sites for hydroxylation is 1. The molecule has 0 amide bonds. The summed E-state index contributed by atoms with van der Waals surface area (Å²) in [4.78, 5) is 4.27. The van der Waals surface area contributed by atoms with Crippen LogP contribution in [-0.4, -0.2) is 16.6 Å². The molecule has 4 heteroatoms. The highest BCUT2D eigenvalue weighted by molar-refractivity contribution is 6.20. The number of nitrogens with zero attached hydrogens (tertiary/aromatic N) is 2. The Morgan fingerprint density at radius 2 is 2.29 bits per heavy atom. The Morgan fingerprint density at radius 1 is 1.50 bits per heavy atom. The molecule has 0 saturated carbocycles. The zero-order chi connectivity index (χ0) is 10.1. The summed E-state index contributed by atoms with van der Waals surface area (Å²) < 4.78 is 1.99. The normalized spacial score (nSPS) is 13.4. The van der Waals surface area contributed by atoms with Crippen LogP contribution in [0.5, 0.6) is 0 Å². The highest BCUT2D eigenvalue weighted by atomic mass is 35.5. The molecule has 0 bridgehead atoms. The molecule has 1 aromatic carbocycles. The van der Waals surface area contributed by atoms with E-state index in [1.54, 1.807) is 6.33 Å². The Labute approximate surface area is 87.7 Å². The van der Waals surface area contributed by atoms with E-state index < -0.39 is 0 Å². The van der Waals surface area contributed by atoms with Gasteiger partial charge in [-0.3, -0.25) is 0 Å². The second-order valence-electron chi connectivity index (χ2n) is 3.25. The molecule has 2 rings (SSSR count). The van der Waals surface area contributed by atoms with Crippen molar-refractivity contribution in [3.63, 3.8) is 0 Å². The molecule has 0 aliphatic carbocycles. The first-order valence-corrected chi connectivity index (χ1v) is 4.88. The third kappa shape index (κ3) is 1.49. The fourth-order valence-electron chi connectivity index (χ4n) is 1.48. The van der Waals surface area contributed by atoms with Crippen LogP contribution in [0.15, 0.2) is 24.5 Å². The number of aromatic nitrogens is 2. The molecule has 1 atom stereocenters. The molecule has 0 spiro atoms. The Kier molecular flexibility index (Phi) is 2.44. The minimum atomic E-state index is -0.151. The van der Waals surface area contributed by atoms with Crippen molar-refractivity contribution in [2.75, 3.05) is 7.05 Å². The van der Waals surface area contributed by atoms with Crippen molar-refractivity contribution < 1.29 is 0 Å². The second kappa shape index (κ2) is 3.59. The first kappa shape index (κ1) is 9.49. The van der Waals surface area contributed by atoms with Crippen molar-refractivity contribution in [1.82, 2.24) is 14.9 Å². The van der Waals surface area contributed by atoms with Gasteiger partial charge in [0.1, 0.15) is 5.50 Å². The molecule has 3 nitrogen and oxygen atoms in total. The Bertz CT molecular complexity index is 450. The number of nitrogens with one attached hydrogen (secondary N) is 1. The minimum Gasteiger partial charge on any atom is -0.334 e. The molecule has 1 N–H and O–H groups in total. The zero-order valence-electron chi connectivity index (χ0n) is 8.16. The van der Waals surface area contributed by atoms with Crippen LogP contribution in [-0.2, 0) is 7.05 Å². The van der Waals surface area contributed by atoms with Crippen molar-refractivity contribution >= 4 is 22.6 Å². The fraction of sp³-hybridized carbons (Fsp3) is 0.300. The van der Waals surface area contributed by atoms with Crippen LogP contribution in [0.2, 0.25) is 0 Å². The maximum absolute atomic E-state index is 6.05. The van der Waals surface area contributed by atoms with Gasteiger partial charge in [-0.05, 0) is 24.7 Å². The standard InChI is InChI=1S/C10H12ClN3/c1-12-10(11)7-3-4-9-8(5-7)13-6-14(9)2/h3-6,10,12H,1-2H3. The highest BCUT2D eigenvalue weighted by Gasteiger charge is 2.06. The van der Waals surface area contributed by atoms with E-state index in [0.29, 0.717) is 0 Å². The van der Waals surface area contributed by atoms with E-state index in [-0.39, 0.29) is 5.50 Å². The fourth-order valence-corrected chi connectivity index (χ4v) is 1.61. The second-order valence-corrected chi connectivity index (χ2v) is 3.69. The smallest absolute Gasteiger partial charge is 0.108 e. The number of halogens is 1. The maximum atomic E-state index is 6.05. The third-order valence-electron chi connectivity index (χ3n) is 2.30. The number of hydrogen-bond donors (Lipinski definition) is 1. The van der Waals surface area contributed by atoms with Crippen molar-refractivity contribution in [2.45, 2.75) is 5.50 Å². The molecule has 1 heterocycles. The van der Waals surface area contributed by atoms with Gasteiger partial charge >= 0.3 is 0 Å². The van der Waals surface area contributed by atoms with Crippen LogP contribution in [0.4, 0.5) is 0 Å². The number of hydrogen-bond acceptors (Lipinski definition) is 2. The molecule has 1 unspecified atom stereocenters. The summed E-state index contributed by atoms with van der Waals surface area (Å²) in [5, 5.41) is 2.98. The van der Waals surface area contributed by atoms with Crippen LogP contribution >= 0.6 is 11.6 Å². The van der Waals surface area contributed by atoms with E-state index in [1.807, 2.05) is 36.9 Å². The Hall–Kier alpha value is -1.06. The van der Waals surface area contributed by atoms with E-state index >= 15 is 0 Å². The minimum absolute atomic E-state index is 0.151. The van der Waals surface area contributed by atoms with Gasteiger partial charge < -0.3 is 9.88 Å². The van der Waals surface area contributed by atoms with E-state index in [1.165, 1.54) is 0 Å². The molecule has 1 aromatic heterocycles. The first-order chi connectivity index (χ1) is 6.72. The summed E-state index contributed by atoms with van der Waals surface area (Å²) in [6.45, 7) is 0. The van der Waals surface area contributed by atoms with Crippen molar-refractivity contribution in [3.05, 3.63) is 30.1 Å². The van der Waals surface area contributed by atoms with Gasteiger partial charge in [-0.2, -0.15) is 0 Å². The van der Waals surface area contributed by atoms with E-state index in [4.69, 9.17) is 11.6 Å². The summed E-state index contributed by atoms with van der Waals surface area (Å²) in [6, 6.07) is 6.05. The lowest BCUT2D eigenvalue weighted by Gasteiger charge is -2.07. The van der Waals surface area contributed by atoms with Gasteiger partial charge in [0.05, 0.1) is 17.4 Å². The number of imidazole rings is 1. The van der Waals surface area contributed by atoms with Gasteiger partial charge in [-0.1, -0.05) is 6.07 Å². The van der Waals surface area contributed by atoms with Crippen LogP contribution in [0.1, 0.15) is 11.1 Å². The Balaban J connectivity index is 2.52. The molecule has 0 radical (unpaired) electrons. The molecule has 14 heavy (non-hydrogen) atoms. The van der Waals surface area contributed by atoms with Gasteiger partial charge in [0.2, 0.25) is 0 Å². The third-order valence-corrected chi connectivity index (χ3v) is 2.77. The molecule has 0 aliphatic rings. The molecule has 0 aliphatic heterocycles. The zero-order valence-corrected chi connectivity index (χ0v) is 8.92. The number of fused-ring (bicyclic) bond motifs is 1. The SMILES string of the molecule is CNC(Cl)c1ccc2c(c1)ncn2C. The van der Waals surface area contributed by atoms with Gasteiger partial charge in [0.25, 0.3) is 0 Å². The molecule has 2 aromatic rings. The van der Waals surface area contributed by atoms with Gasteiger partial charge in [0, 0.05) is 7.05 Å². The van der Waals surface area contributed by atoms with Gasteiger partial charge in [0.15, 0.2) is 0 Å². The van der Waals surface area contributed by atoms with E-state index in [9.17, 15) is 0 Å². The van der Waals surface area contributed by atoms with Crippen molar-refractivity contribution in [2.24, 2.45) is 7.05 Å². The molecule has 0 saturated heterocycles. The number of benzene rings is 1. The lowest BCUT2D eigenvalue weighted by atomic mass is 10.2. The molecular formula is C10H12ClN3. The van der Waals surface area contributed by atoms with E-state index in [2.05, 4.69) is 10.3 Å². The highest BCUT2D eigenvalue weighted by Crippen LogP contribution is 2.21. The summed E-state index contributed by atoms with van der Waals surface area (Å²) >= 11 is 6.05. The maximum Gasteiger partial charge on any atom is 0.108 e. The lowest BCUT2D eigenvalue weighted by Crippen LogP contribution is -2.09. The quantitative estimate of drug-likeness (QED) is 0.606. The van der Waals surface area contributed by atoms with E-state index in [0.717, 1.165) is 16.6 Å². The average Bonchev–Trinajstić information content (AvgIpc) is 2.59. The van der Waals surface area contributed by atoms with Crippen molar-refractivity contribution in [1.29, 1.82) is 0 Å². The summed E-state index contributed by atoms with van der Waals surface area (Å²) in [5.41, 5.74) is 2.99. The summed E-state index contributed by atoms with van der Waals surface area (Å²) in [5.74, 6) is 0. The molecular weight excluding hydrogens is 198 g/mol. The van der Waals surface area contributed by atoms with Gasteiger partial charge in [-0.15, -0.1) is 11.6 Å². The van der Waals surface area contributed by atoms with Gasteiger partial charge in [-0.25, -0.2) is 4.98 Å². The topological polar surface area (TPSA) is 29.9 Å². The summed E-state index contributed by atoms with van der Waals surface area (Å²) in [6.07, 6.45) is 1.80. The van der Waals surface area contributed by atoms with Crippen LogP contribution in [0, 0.1) is 0 Å². The molecule has 0 fully saturated rings. The molecule has 74 valence electrons. The number of alkyl halides is 1. The average molecular weight is 210 g/mol. The predicted octanol–water partition coefficient (Wildman–Crippen LogP) is 2.03. The monoisotopic (exact) mass is 209 g/mol. The number of rotatable bonds is 2. The predicted molar refractivity (Wildman–Crippen MR) is 58.4 cm³/mol. The van der Waals surface area contributed by atoms with Crippen LogP contribution in [0.3, 0.4) is 0 Å². The Morgan fingerprint density at radius 3 is 3.00 bits per heavy atom. The summed E-state index contributed by atoms with van der Waals surface area (Å²) in [7, 11) is 3.81. The largest absolute Gasteiger partial charge is 0.334 e.